The molecule has 1 aliphatic carbocycles. The highest BCUT2D eigenvalue weighted by atomic mass is 32.1. The van der Waals surface area contributed by atoms with Crippen molar-refractivity contribution in [1.29, 1.82) is 0 Å². The Morgan fingerprint density at radius 1 is 1.06 bits per heavy atom. The Bertz CT molecular complexity index is 526. The minimum Gasteiger partial charge on any atom is -0.299 e. The molecule has 2 heteroatoms. The average Bonchev–Trinajstić information content (AvgIpc) is 2.81. The van der Waals surface area contributed by atoms with E-state index in [9.17, 15) is 4.79 Å². The predicted molar refractivity (Wildman–Crippen MR) is 66.8 cm³/mol. The second-order valence-corrected chi connectivity index (χ2v) is 5.08. The summed E-state index contributed by atoms with van der Waals surface area (Å²) in [4.78, 5) is 12.8. The van der Waals surface area contributed by atoms with Gasteiger partial charge in [0.05, 0.1) is 0 Å². The summed E-state index contributed by atoms with van der Waals surface area (Å²) in [5.74, 6) is 0.372. The fourth-order valence-corrected chi connectivity index (χ4v) is 3.08. The molecular weight excluding hydrogens is 216 g/mol. The molecular formula is C14H12OS. The highest BCUT2D eigenvalue weighted by Gasteiger charge is 2.18. The van der Waals surface area contributed by atoms with E-state index in [1.165, 1.54) is 21.6 Å². The molecule has 0 bridgehead atoms. The summed E-state index contributed by atoms with van der Waals surface area (Å²) < 4.78 is 0. The standard InChI is InChI=1S/C14H12OS/c15-11-7-6-10-3-1-4-12(13(10)9-11)14-5-2-8-16-14/h1-5,8H,6-7,9H2. The van der Waals surface area contributed by atoms with Crippen molar-refractivity contribution in [2.45, 2.75) is 19.3 Å². The van der Waals surface area contributed by atoms with E-state index < -0.39 is 0 Å². The Morgan fingerprint density at radius 2 is 2.00 bits per heavy atom. The molecule has 16 heavy (non-hydrogen) atoms. The summed E-state index contributed by atoms with van der Waals surface area (Å²) in [6.07, 6.45) is 2.23. The fraction of sp³-hybridized carbons (Fsp3) is 0.214. The average molecular weight is 228 g/mol. The van der Waals surface area contributed by atoms with Gasteiger partial charge >= 0.3 is 0 Å². The molecule has 0 radical (unpaired) electrons. The van der Waals surface area contributed by atoms with Crippen molar-refractivity contribution in [3.05, 3.63) is 46.8 Å². The number of carbonyl (C=O) groups is 1. The van der Waals surface area contributed by atoms with Crippen LogP contribution >= 0.6 is 11.3 Å². The Morgan fingerprint density at radius 3 is 2.81 bits per heavy atom. The maximum Gasteiger partial charge on any atom is 0.137 e. The van der Waals surface area contributed by atoms with Crippen LogP contribution in [-0.2, 0) is 17.6 Å². The summed E-state index contributed by atoms with van der Waals surface area (Å²) in [5, 5.41) is 2.08. The van der Waals surface area contributed by atoms with Crippen molar-refractivity contribution in [3.8, 4) is 10.4 Å². The first-order chi connectivity index (χ1) is 7.84. The minimum atomic E-state index is 0.372. The van der Waals surface area contributed by atoms with Gasteiger partial charge in [0.15, 0.2) is 0 Å². The van der Waals surface area contributed by atoms with Gasteiger partial charge in [-0.05, 0) is 34.6 Å². The third kappa shape index (κ3) is 1.59. The lowest BCUT2D eigenvalue weighted by atomic mass is 9.87. The molecule has 1 aromatic heterocycles. The van der Waals surface area contributed by atoms with Crippen molar-refractivity contribution in [2.75, 3.05) is 0 Å². The quantitative estimate of drug-likeness (QED) is 0.730. The molecule has 0 amide bonds. The summed E-state index contributed by atoms with van der Waals surface area (Å²) in [6.45, 7) is 0. The molecule has 1 nitrogen and oxygen atoms in total. The highest BCUT2D eigenvalue weighted by Crippen LogP contribution is 2.32. The molecule has 0 atom stereocenters. The van der Waals surface area contributed by atoms with Crippen LogP contribution in [-0.4, -0.2) is 5.78 Å². The van der Waals surface area contributed by atoms with E-state index in [0.29, 0.717) is 18.6 Å². The number of fused-ring (bicyclic) bond motifs is 1. The van der Waals surface area contributed by atoms with Gasteiger partial charge in [0.1, 0.15) is 5.78 Å². The molecule has 0 fully saturated rings. The van der Waals surface area contributed by atoms with Gasteiger partial charge in [-0.3, -0.25) is 4.79 Å². The van der Waals surface area contributed by atoms with Crippen molar-refractivity contribution in [1.82, 2.24) is 0 Å². The normalized spacial score (nSPS) is 14.9. The molecule has 1 heterocycles. The lowest BCUT2D eigenvalue weighted by molar-refractivity contribution is -0.118. The number of carbonyl (C=O) groups excluding carboxylic acids is 1. The van der Waals surface area contributed by atoms with Gasteiger partial charge in [-0.15, -0.1) is 11.3 Å². The van der Waals surface area contributed by atoms with Gasteiger partial charge < -0.3 is 0 Å². The number of rotatable bonds is 1. The zero-order chi connectivity index (χ0) is 11.0. The molecule has 3 rings (SSSR count). The van der Waals surface area contributed by atoms with Gasteiger partial charge in [0.2, 0.25) is 0 Å². The van der Waals surface area contributed by atoms with Crippen molar-refractivity contribution < 1.29 is 4.79 Å². The topological polar surface area (TPSA) is 17.1 Å². The van der Waals surface area contributed by atoms with Crippen LogP contribution in [0.3, 0.4) is 0 Å². The molecule has 2 aromatic rings. The lowest BCUT2D eigenvalue weighted by Crippen LogP contribution is -2.13. The first kappa shape index (κ1) is 9.79. The van der Waals surface area contributed by atoms with Gasteiger partial charge in [-0.2, -0.15) is 0 Å². The summed E-state index contributed by atoms with van der Waals surface area (Å²) in [6, 6.07) is 10.6. The van der Waals surface area contributed by atoms with Gasteiger partial charge in [0.25, 0.3) is 0 Å². The molecule has 0 spiro atoms. The van der Waals surface area contributed by atoms with E-state index in [1.807, 2.05) is 0 Å². The molecule has 0 aliphatic heterocycles. The van der Waals surface area contributed by atoms with Gasteiger partial charge in [-0.1, -0.05) is 24.3 Å². The highest BCUT2D eigenvalue weighted by molar-refractivity contribution is 7.13. The third-order valence-corrected chi connectivity index (χ3v) is 4.01. The Balaban J connectivity index is 2.16. The Labute approximate surface area is 98.7 Å². The molecule has 1 aliphatic rings. The number of hydrogen-bond acceptors (Lipinski definition) is 2. The number of aryl methyl sites for hydroxylation is 1. The van der Waals surface area contributed by atoms with Crippen LogP contribution in [0.15, 0.2) is 35.7 Å². The smallest absolute Gasteiger partial charge is 0.137 e. The van der Waals surface area contributed by atoms with Gasteiger partial charge in [-0.25, -0.2) is 0 Å². The summed E-state index contributed by atoms with van der Waals surface area (Å²) in [5.41, 5.74) is 3.85. The molecule has 1 aromatic carbocycles. The number of Topliss-reactive ketones (excluding diaryl/α,β-unsaturated/α-hetero) is 1. The SMILES string of the molecule is O=C1CCc2cccc(-c3cccs3)c2C1. The van der Waals surface area contributed by atoms with Crippen LogP contribution in [0.5, 0.6) is 0 Å². The lowest BCUT2D eigenvalue weighted by Gasteiger charge is -2.17. The number of ketones is 1. The maximum atomic E-state index is 11.6. The van der Waals surface area contributed by atoms with E-state index >= 15 is 0 Å². The largest absolute Gasteiger partial charge is 0.299 e. The van der Waals surface area contributed by atoms with Crippen LogP contribution in [0, 0.1) is 0 Å². The molecule has 0 saturated carbocycles. The molecule has 0 N–H and O–H groups in total. The second kappa shape index (κ2) is 3.87. The van der Waals surface area contributed by atoms with E-state index in [-0.39, 0.29) is 0 Å². The third-order valence-electron chi connectivity index (χ3n) is 3.11. The Hall–Kier alpha value is -1.41. The van der Waals surface area contributed by atoms with E-state index in [2.05, 4.69) is 35.7 Å². The van der Waals surface area contributed by atoms with E-state index in [0.717, 1.165) is 6.42 Å². The van der Waals surface area contributed by atoms with Crippen molar-refractivity contribution >= 4 is 17.1 Å². The zero-order valence-corrected chi connectivity index (χ0v) is 9.72. The first-order valence-electron chi connectivity index (χ1n) is 5.51. The molecule has 0 saturated heterocycles. The van der Waals surface area contributed by atoms with Crippen LogP contribution in [0.4, 0.5) is 0 Å². The number of benzene rings is 1. The predicted octanol–water partition coefficient (Wildman–Crippen LogP) is 3.47. The fourth-order valence-electron chi connectivity index (χ4n) is 2.30. The maximum absolute atomic E-state index is 11.6. The zero-order valence-electron chi connectivity index (χ0n) is 8.90. The van der Waals surface area contributed by atoms with E-state index in [4.69, 9.17) is 0 Å². The van der Waals surface area contributed by atoms with Crippen molar-refractivity contribution in [2.24, 2.45) is 0 Å². The van der Waals surface area contributed by atoms with E-state index in [1.54, 1.807) is 11.3 Å². The van der Waals surface area contributed by atoms with Crippen LogP contribution in [0.25, 0.3) is 10.4 Å². The minimum absolute atomic E-state index is 0.372. The van der Waals surface area contributed by atoms with Crippen LogP contribution in [0.2, 0.25) is 0 Å². The Kier molecular flexibility index (Phi) is 2.37. The number of hydrogen-bond donors (Lipinski definition) is 0. The molecule has 80 valence electrons. The summed E-state index contributed by atoms with van der Waals surface area (Å²) in [7, 11) is 0. The second-order valence-electron chi connectivity index (χ2n) is 4.14. The number of thiophene rings is 1. The first-order valence-corrected chi connectivity index (χ1v) is 6.39. The van der Waals surface area contributed by atoms with Crippen molar-refractivity contribution in [3.63, 3.8) is 0 Å². The van der Waals surface area contributed by atoms with Crippen LogP contribution in [0.1, 0.15) is 17.5 Å². The van der Waals surface area contributed by atoms with Crippen LogP contribution < -0.4 is 0 Å². The monoisotopic (exact) mass is 228 g/mol. The molecule has 0 unspecified atom stereocenters. The summed E-state index contributed by atoms with van der Waals surface area (Å²) >= 11 is 1.74. The van der Waals surface area contributed by atoms with Gasteiger partial charge in [0, 0.05) is 17.7 Å².